The molecular formula is C16H12O5S. The Hall–Kier alpha value is -2.31. The molecule has 22 heavy (non-hydrogen) atoms. The SMILES string of the molecule is Cc1cc2c(c(C)c1S(=O)(=O)O)C(=O)c1ccccc1C2=O. The van der Waals surface area contributed by atoms with Gasteiger partial charge in [-0.2, -0.15) is 8.42 Å². The predicted molar refractivity (Wildman–Crippen MR) is 79.0 cm³/mol. The lowest BCUT2D eigenvalue weighted by atomic mass is 9.81. The van der Waals surface area contributed by atoms with E-state index in [9.17, 15) is 22.6 Å². The van der Waals surface area contributed by atoms with Crippen molar-refractivity contribution in [2.75, 3.05) is 0 Å². The van der Waals surface area contributed by atoms with Gasteiger partial charge >= 0.3 is 0 Å². The zero-order chi connectivity index (χ0) is 16.2. The summed E-state index contributed by atoms with van der Waals surface area (Å²) in [6.45, 7) is 2.91. The summed E-state index contributed by atoms with van der Waals surface area (Å²) in [6.07, 6.45) is 0. The summed E-state index contributed by atoms with van der Waals surface area (Å²) in [5.41, 5.74) is 1.10. The van der Waals surface area contributed by atoms with Crippen LogP contribution >= 0.6 is 0 Å². The Morgan fingerprint density at radius 3 is 2.00 bits per heavy atom. The summed E-state index contributed by atoms with van der Waals surface area (Å²) in [5.74, 6) is -0.731. The molecule has 0 spiro atoms. The van der Waals surface area contributed by atoms with E-state index < -0.39 is 15.9 Å². The molecular weight excluding hydrogens is 304 g/mol. The van der Waals surface area contributed by atoms with Gasteiger partial charge in [-0.1, -0.05) is 24.3 Å². The lowest BCUT2D eigenvalue weighted by molar-refractivity contribution is 0.0978. The highest BCUT2D eigenvalue weighted by Crippen LogP contribution is 2.34. The van der Waals surface area contributed by atoms with E-state index in [0.717, 1.165) is 0 Å². The molecule has 0 saturated heterocycles. The maximum atomic E-state index is 12.6. The predicted octanol–water partition coefficient (Wildman–Crippen LogP) is 2.33. The zero-order valence-electron chi connectivity index (χ0n) is 11.9. The van der Waals surface area contributed by atoms with Gasteiger partial charge in [0.2, 0.25) is 0 Å². The van der Waals surface area contributed by atoms with Gasteiger partial charge in [0.25, 0.3) is 10.1 Å². The highest BCUT2D eigenvalue weighted by atomic mass is 32.2. The molecule has 0 saturated carbocycles. The molecule has 6 heteroatoms. The van der Waals surface area contributed by atoms with E-state index in [0.29, 0.717) is 5.56 Å². The van der Waals surface area contributed by atoms with Crippen molar-refractivity contribution in [2.45, 2.75) is 18.7 Å². The standard InChI is InChI=1S/C16H12O5S/c1-8-7-12-13(9(2)16(8)22(19,20)21)15(18)11-6-4-3-5-10(11)14(12)17/h3-7H,1-2H3,(H,19,20,21). The van der Waals surface area contributed by atoms with Crippen LogP contribution in [0.2, 0.25) is 0 Å². The molecule has 0 bridgehead atoms. The summed E-state index contributed by atoms with van der Waals surface area (Å²) >= 11 is 0. The van der Waals surface area contributed by atoms with Crippen LogP contribution in [-0.4, -0.2) is 24.5 Å². The van der Waals surface area contributed by atoms with Crippen molar-refractivity contribution in [3.05, 3.63) is 63.7 Å². The molecule has 1 N–H and O–H groups in total. The Balaban J connectivity index is 2.42. The van der Waals surface area contributed by atoms with Crippen LogP contribution in [0, 0.1) is 13.8 Å². The van der Waals surface area contributed by atoms with Crippen LogP contribution < -0.4 is 0 Å². The quantitative estimate of drug-likeness (QED) is 0.696. The highest BCUT2D eigenvalue weighted by Gasteiger charge is 2.34. The second kappa shape index (κ2) is 4.59. The van der Waals surface area contributed by atoms with E-state index in [4.69, 9.17) is 0 Å². The monoisotopic (exact) mass is 316 g/mol. The lowest BCUT2D eigenvalue weighted by Crippen LogP contribution is -2.23. The molecule has 0 amide bonds. The molecule has 3 rings (SSSR count). The Morgan fingerprint density at radius 1 is 0.909 bits per heavy atom. The fourth-order valence-corrected chi connectivity index (χ4v) is 3.95. The van der Waals surface area contributed by atoms with Crippen LogP contribution in [-0.2, 0) is 10.1 Å². The van der Waals surface area contributed by atoms with Crippen molar-refractivity contribution >= 4 is 21.7 Å². The molecule has 0 atom stereocenters. The van der Waals surface area contributed by atoms with Gasteiger partial charge in [-0.15, -0.1) is 0 Å². The molecule has 0 fully saturated rings. The van der Waals surface area contributed by atoms with Crippen LogP contribution in [0.25, 0.3) is 0 Å². The van der Waals surface area contributed by atoms with E-state index in [-0.39, 0.29) is 38.5 Å². The maximum absolute atomic E-state index is 12.6. The number of benzene rings is 2. The van der Waals surface area contributed by atoms with Crippen molar-refractivity contribution < 1.29 is 22.6 Å². The Morgan fingerprint density at radius 2 is 1.45 bits per heavy atom. The molecule has 0 heterocycles. The van der Waals surface area contributed by atoms with Crippen LogP contribution in [0.3, 0.4) is 0 Å². The van der Waals surface area contributed by atoms with Crippen LogP contribution in [0.5, 0.6) is 0 Å². The van der Waals surface area contributed by atoms with Crippen LogP contribution in [0.15, 0.2) is 35.2 Å². The summed E-state index contributed by atoms with van der Waals surface area (Å²) < 4.78 is 32.5. The molecule has 0 aliphatic heterocycles. The number of hydrogen-bond acceptors (Lipinski definition) is 4. The van der Waals surface area contributed by atoms with Gasteiger partial charge in [0.05, 0.1) is 0 Å². The highest BCUT2D eigenvalue weighted by molar-refractivity contribution is 7.86. The topological polar surface area (TPSA) is 88.5 Å². The maximum Gasteiger partial charge on any atom is 0.295 e. The molecule has 2 aromatic rings. The van der Waals surface area contributed by atoms with Crippen molar-refractivity contribution in [3.63, 3.8) is 0 Å². The fraction of sp³-hybridized carbons (Fsp3) is 0.125. The minimum absolute atomic E-state index is 0.0434. The summed E-state index contributed by atoms with van der Waals surface area (Å²) in [5, 5.41) is 0. The summed E-state index contributed by atoms with van der Waals surface area (Å²) in [4.78, 5) is 24.9. The van der Waals surface area contributed by atoms with Gasteiger partial charge in [0, 0.05) is 22.3 Å². The number of carbonyl (C=O) groups excluding carboxylic acids is 2. The van der Waals surface area contributed by atoms with Crippen LogP contribution in [0.1, 0.15) is 43.0 Å². The number of aryl methyl sites for hydroxylation is 1. The van der Waals surface area contributed by atoms with Gasteiger partial charge < -0.3 is 0 Å². The molecule has 1 aliphatic carbocycles. The Labute approximate surface area is 127 Å². The molecule has 0 aromatic heterocycles. The first kappa shape index (κ1) is 14.6. The van der Waals surface area contributed by atoms with E-state index in [1.54, 1.807) is 18.2 Å². The van der Waals surface area contributed by atoms with Crippen molar-refractivity contribution in [1.29, 1.82) is 0 Å². The minimum atomic E-state index is -4.48. The molecule has 0 radical (unpaired) electrons. The van der Waals surface area contributed by atoms with Crippen molar-refractivity contribution in [1.82, 2.24) is 0 Å². The Kier molecular flexibility index (Phi) is 3.05. The van der Waals surface area contributed by atoms with Gasteiger partial charge in [0.15, 0.2) is 11.6 Å². The number of rotatable bonds is 1. The third-order valence-corrected chi connectivity index (χ3v) is 4.99. The smallest absolute Gasteiger partial charge is 0.289 e. The number of ketones is 2. The van der Waals surface area contributed by atoms with Gasteiger partial charge in [-0.25, -0.2) is 0 Å². The largest absolute Gasteiger partial charge is 0.295 e. The van der Waals surface area contributed by atoms with Gasteiger partial charge in [0.1, 0.15) is 4.90 Å². The first-order valence-corrected chi connectivity index (χ1v) is 7.97. The fourth-order valence-electron chi connectivity index (χ4n) is 2.99. The van der Waals surface area contributed by atoms with E-state index in [1.807, 2.05) is 0 Å². The van der Waals surface area contributed by atoms with Gasteiger partial charge in [-0.3, -0.25) is 14.1 Å². The summed E-state index contributed by atoms with van der Waals surface area (Å²) in [7, 11) is -4.48. The van der Waals surface area contributed by atoms with Crippen molar-refractivity contribution in [3.8, 4) is 0 Å². The van der Waals surface area contributed by atoms with Crippen LogP contribution in [0.4, 0.5) is 0 Å². The zero-order valence-corrected chi connectivity index (χ0v) is 12.7. The lowest BCUT2D eigenvalue weighted by Gasteiger charge is -2.21. The van der Waals surface area contributed by atoms with Gasteiger partial charge in [-0.05, 0) is 31.0 Å². The van der Waals surface area contributed by atoms with E-state index in [1.165, 1.54) is 26.0 Å². The summed E-state index contributed by atoms with van der Waals surface area (Å²) in [6, 6.07) is 7.76. The van der Waals surface area contributed by atoms with E-state index in [2.05, 4.69) is 0 Å². The minimum Gasteiger partial charge on any atom is -0.289 e. The number of carbonyl (C=O) groups is 2. The third-order valence-electron chi connectivity index (χ3n) is 3.85. The average molecular weight is 316 g/mol. The number of hydrogen-bond donors (Lipinski definition) is 1. The molecule has 1 aliphatic rings. The first-order valence-electron chi connectivity index (χ1n) is 6.53. The molecule has 0 unspecified atom stereocenters. The molecule has 112 valence electrons. The molecule has 2 aromatic carbocycles. The average Bonchev–Trinajstić information content (AvgIpc) is 2.42. The second-order valence-corrected chi connectivity index (χ2v) is 6.61. The Bertz CT molecular complexity index is 955. The second-order valence-electron chi connectivity index (χ2n) is 5.25. The normalized spacial score (nSPS) is 13.8. The van der Waals surface area contributed by atoms with E-state index >= 15 is 0 Å². The number of fused-ring (bicyclic) bond motifs is 2. The molecule has 5 nitrogen and oxygen atoms in total. The van der Waals surface area contributed by atoms with Crippen molar-refractivity contribution in [2.24, 2.45) is 0 Å². The first-order chi connectivity index (χ1) is 10.2. The third kappa shape index (κ3) is 1.92.